The predicted octanol–water partition coefficient (Wildman–Crippen LogP) is 3.02. The van der Waals surface area contributed by atoms with Crippen molar-refractivity contribution < 1.29 is 0 Å². The third-order valence-corrected chi connectivity index (χ3v) is 4.39. The van der Waals surface area contributed by atoms with Gasteiger partial charge in [0.1, 0.15) is 17.5 Å². The zero-order chi connectivity index (χ0) is 14.2. The average Bonchev–Trinajstić information content (AvgIpc) is 3.21. The van der Waals surface area contributed by atoms with Crippen molar-refractivity contribution >= 4 is 11.6 Å². The number of hydrogen-bond acceptors (Lipinski definition) is 5. The molecular formula is C15H25N5. The first-order valence-electron chi connectivity index (χ1n) is 7.68. The fraction of sp³-hybridized carbons (Fsp3) is 0.733. The number of rotatable bonds is 4. The smallest absolute Gasteiger partial charge is 0.145 e. The third kappa shape index (κ3) is 3.20. The van der Waals surface area contributed by atoms with Crippen LogP contribution >= 0.6 is 0 Å². The summed E-state index contributed by atoms with van der Waals surface area (Å²) in [6.07, 6.45) is 7.41. The Morgan fingerprint density at radius 3 is 2.60 bits per heavy atom. The van der Waals surface area contributed by atoms with Crippen LogP contribution in [0.15, 0.2) is 6.07 Å². The Bertz CT molecular complexity index is 481. The van der Waals surface area contributed by atoms with E-state index in [9.17, 15) is 0 Å². The quantitative estimate of drug-likeness (QED) is 0.581. The second-order valence-corrected chi connectivity index (χ2v) is 7.02. The molecule has 20 heavy (non-hydrogen) atoms. The van der Waals surface area contributed by atoms with Gasteiger partial charge in [-0.2, -0.15) is 0 Å². The Morgan fingerprint density at radius 2 is 1.95 bits per heavy atom. The van der Waals surface area contributed by atoms with Crippen LogP contribution in [0.1, 0.15) is 64.1 Å². The van der Waals surface area contributed by atoms with Gasteiger partial charge in [0.2, 0.25) is 0 Å². The lowest BCUT2D eigenvalue weighted by Crippen LogP contribution is -2.32. The van der Waals surface area contributed by atoms with Crippen LogP contribution in [-0.2, 0) is 0 Å². The van der Waals surface area contributed by atoms with Crippen LogP contribution in [0.3, 0.4) is 0 Å². The van der Waals surface area contributed by atoms with Gasteiger partial charge in [0.15, 0.2) is 0 Å². The lowest BCUT2D eigenvalue weighted by Gasteiger charge is -2.35. The summed E-state index contributed by atoms with van der Waals surface area (Å²) in [5, 5.41) is 3.59. The van der Waals surface area contributed by atoms with Crippen molar-refractivity contribution in [2.75, 3.05) is 10.7 Å². The molecule has 2 saturated carbocycles. The molecule has 1 atom stereocenters. The normalized spacial score (nSPS) is 25.2. The van der Waals surface area contributed by atoms with Crippen molar-refractivity contribution in [2.24, 2.45) is 11.3 Å². The van der Waals surface area contributed by atoms with E-state index in [-0.39, 0.29) is 0 Å². The van der Waals surface area contributed by atoms with Crippen LogP contribution in [0.25, 0.3) is 0 Å². The Kier molecular flexibility index (Phi) is 3.54. The van der Waals surface area contributed by atoms with Gasteiger partial charge in [0, 0.05) is 18.0 Å². The summed E-state index contributed by atoms with van der Waals surface area (Å²) in [7, 11) is 0. The van der Waals surface area contributed by atoms with Gasteiger partial charge in [-0.15, -0.1) is 0 Å². The van der Waals surface area contributed by atoms with Gasteiger partial charge in [-0.1, -0.05) is 20.3 Å². The fourth-order valence-corrected chi connectivity index (χ4v) is 3.17. The number of nitrogens with one attached hydrogen (secondary N) is 2. The highest BCUT2D eigenvalue weighted by Crippen LogP contribution is 2.39. The zero-order valence-corrected chi connectivity index (χ0v) is 12.4. The standard InChI is InChI=1S/C15H25N5/c1-15(2)7-3-4-11(9-15)17-12-8-13(20-16)19-14(18-12)10-5-6-10/h8,10-11H,3-7,9,16H2,1-2H3,(H2,17,18,19,20). The van der Waals surface area contributed by atoms with Gasteiger partial charge in [-0.25, -0.2) is 15.8 Å². The number of nitrogens with zero attached hydrogens (tertiary/aromatic N) is 2. The first kappa shape index (κ1) is 13.6. The van der Waals surface area contributed by atoms with Crippen molar-refractivity contribution in [3.8, 4) is 0 Å². The Morgan fingerprint density at radius 1 is 1.20 bits per heavy atom. The van der Waals surface area contributed by atoms with Crippen LogP contribution < -0.4 is 16.6 Å². The SMILES string of the molecule is CC1(C)CCCC(Nc2cc(NN)nc(C3CC3)n2)C1. The van der Waals surface area contributed by atoms with E-state index in [1.165, 1.54) is 38.5 Å². The average molecular weight is 275 g/mol. The summed E-state index contributed by atoms with van der Waals surface area (Å²) >= 11 is 0. The highest BCUT2D eigenvalue weighted by molar-refractivity contribution is 5.48. The molecule has 0 saturated heterocycles. The molecule has 1 heterocycles. The van der Waals surface area contributed by atoms with E-state index in [2.05, 4.69) is 34.6 Å². The molecule has 0 spiro atoms. The van der Waals surface area contributed by atoms with Crippen LogP contribution in [0.2, 0.25) is 0 Å². The van der Waals surface area contributed by atoms with Gasteiger partial charge in [-0.05, 0) is 37.5 Å². The lowest BCUT2D eigenvalue weighted by atomic mass is 9.75. The van der Waals surface area contributed by atoms with Crippen molar-refractivity contribution in [1.29, 1.82) is 0 Å². The molecule has 5 heteroatoms. The van der Waals surface area contributed by atoms with Gasteiger partial charge < -0.3 is 10.7 Å². The number of nitrogens with two attached hydrogens (primary N) is 1. The van der Waals surface area contributed by atoms with E-state index in [1.807, 2.05) is 6.07 Å². The van der Waals surface area contributed by atoms with Crippen LogP contribution in [0.5, 0.6) is 0 Å². The topological polar surface area (TPSA) is 75.9 Å². The molecule has 0 bridgehead atoms. The summed E-state index contributed by atoms with van der Waals surface area (Å²) in [6, 6.07) is 2.42. The highest BCUT2D eigenvalue weighted by atomic mass is 15.3. The molecule has 110 valence electrons. The monoisotopic (exact) mass is 275 g/mol. The summed E-state index contributed by atoms with van der Waals surface area (Å²) in [5.74, 6) is 8.60. The van der Waals surface area contributed by atoms with Crippen molar-refractivity contribution in [3.63, 3.8) is 0 Å². The molecule has 1 aromatic rings. The first-order valence-corrected chi connectivity index (χ1v) is 7.68. The molecule has 1 unspecified atom stereocenters. The maximum Gasteiger partial charge on any atom is 0.145 e. The first-order chi connectivity index (χ1) is 9.55. The predicted molar refractivity (Wildman–Crippen MR) is 81.5 cm³/mol. The number of hydrogen-bond donors (Lipinski definition) is 3. The van der Waals surface area contributed by atoms with Crippen LogP contribution in [0.4, 0.5) is 11.6 Å². The summed E-state index contributed by atoms with van der Waals surface area (Å²) in [6.45, 7) is 4.70. The van der Waals surface area contributed by atoms with Gasteiger partial charge in [0.05, 0.1) is 0 Å². The maximum atomic E-state index is 5.52. The van der Waals surface area contributed by atoms with Gasteiger partial charge in [-0.3, -0.25) is 0 Å². The second-order valence-electron chi connectivity index (χ2n) is 7.02. The molecule has 2 fully saturated rings. The van der Waals surface area contributed by atoms with E-state index in [0.29, 0.717) is 23.2 Å². The molecule has 0 aliphatic heterocycles. The molecule has 2 aliphatic rings. The molecule has 5 nitrogen and oxygen atoms in total. The third-order valence-electron chi connectivity index (χ3n) is 4.39. The fourth-order valence-electron chi connectivity index (χ4n) is 3.17. The van der Waals surface area contributed by atoms with Gasteiger partial charge in [0.25, 0.3) is 0 Å². The number of nitrogen functional groups attached to an aromatic ring is 1. The molecule has 1 aromatic heterocycles. The number of anilines is 2. The molecule has 3 rings (SSSR count). The summed E-state index contributed by atoms with van der Waals surface area (Å²) in [5.41, 5.74) is 3.08. The second kappa shape index (κ2) is 5.20. The highest BCUT2D eigenvalue weighted by Gasteiger charge is 2.30. The maximum absolute atomic E-state index is 5.52. The van der Waals surface area contributed by atoms with Gasteiger partial charge >= 0.3 is 0 Å². The largest absolute Gasteiger partial charge is 0.367 e. The molecule has 2 aliphatic carbocycles. The minimum Gasteiger partial charge on any atom is -0.367 e. The Balaban J connectivity index is 1.74. The molecule has 0 aromatic carbocycles. The van der Waals surface area contributed by atoms with E-state index in [4.69, 9.17) is 5.84 Å². The van der Waals surface area contributed by atoms with E-state index in [0.717, 1.165) is 11.6 Å². The van der Waals surface area contributed by atoms with Crippen molar-refractivity contribution in [1.82, 2.24) is 9.97 Å². The summed E-state index contributed by atoms with van der Waals surface area (Å²) < 4.78 is 0. The van der Waals surface area contributed by atoms with E-state index < -0.39 is 0 Å². The van der Waals surface area contributed by atoms with Crippen LogP contribution in [-0.4, -0.2) is 16.0 Å². The lowest BCUT2D eigenvalue weighted by molar-refractivity contribution is 0.229. The Labute approximate surface area is 120 Å². The Hall–Kier alpha value is -1.36. The molecule has 0 radical (unpaired) electrons. The minimum absolute atomic E-state index is 0.428. The zero-order valence-electron chi connectivity index (χ0n) is 12.4. The van der Waals surface area contributed by atoms with Crippen molar-refractivity contribution in [3.05, 3.63) is 11.9 Å². The van der Waals surface area contributed by atoms with Crippen molar-refractivity contribution in [2.45, 2.75) is 64.3 Å². The minimum atomic E-state index is 0.428. The number of hydrazine groups is 1. The van der Waals surface area contributed by atoms with Crippen LogP contribution in [0, 0.1) is 5.41 Å². The molecular weight excluding hydrogens is 250 g/mol. The summed E-state index contributed by atoms with van der Waals surface area (Å²) in [4.78, 5) is 9.12. The van der Waals surface area contributed by atoms with E-state index in [1.54, 1.807) is 0 Å². The molecule has 0 amide bonds. The molecule has 4 N–H and O–H groups in total. The number of aromatic nitrogens is 2. The van der Waals surface area contributed by atoms with E-state index >= 15 is 0 Å².